The van der Waals surface area contributed by atoms with Crippen LogP contribution in [0.2, 0.25) is 0 Å². The standard InChI is InChI=1S/3CH2O3.Gd/c3*2-1(3)4;/h3*(H2,2,3,4);/q;;;+3/p-3. The zero-order chi connectivity index (χ0) is 10.7. The Bertz CT molecular complexity index is 112. The van der Waals surface area contributed by atoms with Crippen LogP contribution in [-0.4, -0.2) is 33.8 Å². The smallest absolute Gasteiger partial charge is 0.565 e. The van der Waals surface area contributed by atoms with Crippen LogP contribution in [-0.2, 0) is 0 Å². The van der Waals surface area contributed by atoms with E-state index in [2.05, 4.69) is 0 Å². The van der Waals surface area contributed by atoms with Crippen molar-refractivity contribution in [2.24, 2.45) is 0 Å². The third-order valence-electron chi connectivity index (χ3n) is 0. The molecule has 77 valence electrons. The molecular weight excluding hydrogens is 337 g/mol. The fourth-order valence-corrected chi connectivity index (χ4v) is 0. The van der Waals surface area contributed by atoms with Crippen molar-refractivity contribution in [2.45, 2.75) is 0 Å². The molecule has 0 rings (SSSR count). The monoisotopic (exact) mass is 341 g/mol. The SMILES string of the molecule is O=C([O-])O.O=C([O-])O.O=C([O-])O.[Gd+3]. The Morgan fingerprint density at radius 2 is 0.692 bits per heavy atom. The number of rotatable bonds is 0. The van der Waals surface area contributed by atoms with Crippen LogP contribution in [0, 0.1) is 39.9 Å². The van der Waals surface area contributed by atoms with Gasteiger partial charge in [-0.2, -0.15) is 0 Å². The van der Waals surface area contributed by atoms with Crippen LogP contribution < -0.4 is 15.3 Å². The van der Waals surface area contributed by atoms with Gasteiger partial charge in [-0.3, -0.25) is 0 Å². The van der Waals surface area contributed by atoms with Gasteiger partial charge < -0.3 is 45.0 Å². The van der Waals surface area contributed by atoms with Gasteiger partial charge in [0.2, 0.25) is 18.5 Å². The summed E-state index contributed by atoms with van der Waals surface area (Å²) in [6, 6.07) is 0. The van der Waals surface area contributed by atoms with Gasteiger partial charge in [0, 0.05) is 0 Å². The van der Waals surface area contributed by atoms with Crippen molar-refractivity contribution in [3.8, 4) is 0 Å². The maximum absolute atomic E-state index is 8.44. The Morgan fingerprint density at radius 3 is 0.692 bits per heavy atom. The van der Waals surface area contributed by atoms with Crippen molar-refractivity contribution < 1.29 is 85.0 Å². The molecule has 0 amide bonds. The molecular formula is C3H3GdO9. The average Bonchev–Trinajstić information content (AvgIpc) is 1.54. The van der Waals surface area contributed by atoms with Crippen LogP contribution in [0.5, 0.6) is 0 Å². The van der Waals surface area contributed by atoms with Gasteiger partial charge >= 0.3 is 39.9 Å². The average molecular weight is 340 g/mol. The molecule has 0 saturated heterocycles. The Kier molecular flexibility index (Phi) is 30.2. The van der Waals surface area contributed by atoms with Gasteiger partial charge in [-0.05, 0) is 0 Å². The molecule has 0 saturated carbocycles. The van der Waals surface area contributed by atoms with Gasteiger partial charge in [0.15, 0.2) is 0 Å². The van der Waals surface area contributed by atoms with E-state index in [1.807, 2.05) is 0 Å². The topological polar surface area (TPSA) is 181 Å². The maximum atomic E-state index is 8.44. The van der Waals surface area contributed by atoms with E-state index in [1.54, 1.807) is 0 Å². The molecule has 0 aromatic rings. The van der Waals surface area contributed by atoms with Crippen LogP contribution >= 0.6 is 0 Å². The molecule has 0 aliphatic carbocycles. The first-order valence-corrected chi connectivity index (χ1v) is 1.90. The van der Waals surface area contributed by atoms with Crippen LogP contribution in [0.25, 0.3) is 0 Å². The minimum Gasteiger partial charge on any atom is -0.565 e. The zero-order valence-corrected chi connectivity index (χ0v) is 7.91. The van der Waals surface area contributed by atoms with E-state index in [-0.39, 0.29) is 39.9 Å². The molecule has 1 radical (unpaired) electrons. The third-order valence-corrected chi connectivity index (χ3v) is 0. The van der Waals surface area contributed by atoms with E-state index in [0.29, 0.717) is 0 Å². The number of hydrogen-bond donors (Lipinski definition) is 3. The Morgan fingerprint density at radius 1 is 0.692 bits per heavy atom. The first kappa shape index (κ1) is 22.7. The maximum Gasteiger partial charge on any atom is 3.00 e. The third kappa shape index (κ3) is 1240. The molecule has 0 atom stereocenters. The van der Waals surface area contributed by atoms with Crippen molar-refractivity contribution in [2.75, 3.05) is 0 Å². The number of carboxylic acid groups (broad SMARTS) is 6. The second-order valence-electron chi connectivity index (χ2n) is 0.798. The van der Waals surface area contributed by atoms with Crippen LogP contribution in [0.15, 0.2) is 0 Å². The number of hydrogen-bond acceptors (Lipinski definition) is 6. The summed E-state index contributed by atoms with van der Waals surface area (Å²) in [5.41, 5.74) is 0. The van der Waals surface area contributed by atoms with E-state index in [0.717, 1.165) is 0 Å². The molecule has 13 heavy (non-hydrogen) atoms. The first-order chi connectivity index (χ1) is 5.20. The summed E-state index contributed by atoms with van der Waals surface area (Å²) in [5, 5.41) is 45.9. The van der Waals surface area contributed by atoms with Crippen molar-refractivity contribution in [1.82, 2.24) is 0 Å². The predicted molar refractivity (Wildman–Crippen MR) is 24.1 cm³/mol. The van der Waals surface area contributed by atoms with Crippen molar-refractivity contribution >= 4 is 18.5 Å². The summed E-state index contributed by atoms with van der Waals surface area (Å²) >= 11 is 0. The summed E-state index contributed by atoms with van der Waals surface area (Å²) < 4.78 is 0. The van der Waals surface area contributed by atoms with Gasteiger partial charge in [0.1, 0.15) is 0 Å². The summed E-state index contributed by atoms with van der Waals surface area (Å²) in [5.74, 6) is 0. The minimum absolute atomic E-state index is 0. The molecule has 0 spiro atoms. The van der Waals surface area contributed by atoms with Gasteiger partial charge in [-0.25, -0.2) is 0 Å². The van der Waals surface area contributed by atoms with E-state index < -0.39 is 18.5 Å². The molecule has 0 heterocycles. The van der Waals surface area contributed by atoms with E-state index >= 15 is 0 Å². The van der Waals surface area contributed by atoms with Gasteiger partial charge in [-0.1, -0.05) is 0 Å². The normalized spacial score (nSPS) is 5.54. The van der Waals surface area contributed by atoms with Gasteiger partial charge in [-0.15, -0.1) is 0 Å². The van der Waals surface area contributed by atoms with E-state index in [9.17, 15) is 0 Å². The summed E-state index contributed by atoms with van der Waals surface area (Å²) in [6.07, 6.45) is -6.25. The summed E-state index contributed by atoms with van der Waals surface area (Å²) in [7, 11) is 0. The van der Waals surface area contributed by atoms with Crippen LogP contribution in [0.4, 0.5) is 14.4 Å². The van der Waals surface area contributed by atoms with Crippen molar-refractivity contribution in [1.29, 1.82) is 0 Å². The molecule has 10 heteroatoms. The molecule has 0 aliphatic rings. The number of carbonyl (C=O) groups is 3. The van der Waals surface area contributed by atoms with E-state index in [4.69, 9.17) is 45.0 Å². The molecule has 3 N–H and O–H groups in total. The van der Waals surface area contributed by atoms with Crippen LogP contribution in [0.1, 0.15) is 0 Å². The Hall–Kier alpha value is -0.865. The van der Waals surface area contributed by atoms with Gasteiger partial charge in [0.25, 0.3) is 0 Å². The summed E-state index contributed by atoms with van der Waals surface area (Å²) in [6.45, 7) is 0. The molecule has 0 fully saturated rings. The Balaban J connectivity index is -0.0000000450. The quantitative estimate of drug-likeness (QED) is 0.406. The van der Waals surface area contributed by atoms with Crippen molar-refractivity contribution in [3.05, 3.63) is 0 Å². The minimum atomic E-state index is -2.08. The molecule has 9 nitrogen and oxygen atoms in total. The fourth-order valence-electron chi connectivity index (χ4n) is 0. The first-order valence-electron chi connectivity index (χ1n) is 1.90. The molecule has 0 aliphatic heterocycles. The fraction of sp³-hybridized carbons (Fsp3) is 0. The molecule has 0 aromatic heterocycles. The van der Waals surface area contributed by atoms with Crippen LogP contribution in [0.3, 0.4) is 0 Å². The van der Waals surface area contributed by atoms with Crippen molar-refractivity contribution in [3.63, 3.8) is 0 Å². The second kappa shape index (κ2) is 17.3. The summed E-state index contributed by atoms with van der Waals surface area (Å²) in [4.78, 5) is 25.3. The second-order valence-corrected chi connectivity index (χ2v) is 0.798. The van der Waals surface area contributed by atoms with Gasteiger partial charge in [0.05, 0.1) is 0 Å². The molecule has 0 bridgehead atoms. The van der Waals surface area contributed by atoms with E-state index in [1.165, 1.54) is 0 Å². The largest absolute Gasteiger partial charge is 3.00 e. The Labute approximate surface area is 103 Å². The molecule has 0 unspecified atom stereocenters. The predicted octanol–water partition coefficient (Wildman–Crippen LogP) is -3.34. The zero-order valence-electron chi connectivity index (χ0n) is 5.64. The molecule has 0 aromatic carbocycles.